The molecule has 4 rings (SSSR count). The molecule has 7 heteroatoms. The van der Waals surface area contributed by atoms with Crippen LogP contribution in [0, 0.1) is 5.92 Å². The van der Waals surface area contributed by atoms with E-state index in [9.17, 15) is 9.59 Å². The van der Waals surface area contributed by atoms with E-state index in [1.165, 1.54) is 0 Å². The van der Waals surface area contributed by atoms with Gasteiger partial charge < -0.3 is 15.5 Å². The van der Waals surface area contributed by atoms with Crippen LogP contribution in [0.25, 0.3) is 10.9 Å². The quantitative estimate of drug-likeness (QED) is 0.872. The van der Waals surface area contributed by atoms with Gasteiger partial charge in [0.25, 0.3) is 5.91 Å². The molecule has 2 fully saturated rings. The molecule has 6 nitrogen and oxygen atoms in total. The number of aromatic nitrogens is 1. The first-order valence-corrected chi connectivity index (χ1v) is 9.31. The van der Waals surface area contributed by atoms with E-state index in [1.807, 2.05) is 40.1 Å². The summed E-state index contributed by atoms with van der Waals surface area (Å²) in [5.74, 6) is 0.574. The minimum atomic E-state index is 0. The van der Waals surface area contributed by atoms with Crippen molar-refractivity contribution in [3.05, 3.63) is 42.1 Å². The summed E-state index contributed by atoms with van der Waals surface area (Å²) < 4.78 is 0. The van der Waals surface area contributed by atoms with Crippen LogP contribution in [0.4, 0.5) is 0 Å². The number of hydrogen-bond acceptors (Lipinski definition) is 4. The Kier molecular flexibility index (Phi) is 5.97. The molecule has 144 valence electrons. The van der Waals surface area contributed by atoms with E-state index in [2.05, 4.69) is 4.98 Å². The summed E-state index contributed by atoms with van der Waals surface area (Å²) >= 11 is 0. The number of fused-ring (bicyclic) bond motifs is 2. The first-order chi connectivity index (χ1) is 12.7. The fraction of sp³-hybridized carbons (Fsp3) is 0.450. The van der Waals surface area contributed by atoms with E-state index in [4.69, 9.17) is 5.73 Å². The molecule has 2 aliphatic heterocycles. The number of likely N-dealkylation sites (tertiary alicyclic amines) is 2. The second-order valence-electron chi connectivity index (χ2n) is 7.16. The Morgan fingerprint density at radius 1 is 1.22 bits per heavy atom. The molecule has 1 aromatic carbocycles. The molecular formula is C20H25ClN4O2. The average molecular weight is 389 g/mol. The highest BCUT2D eigenvalue weighted by Gasteiger charge is 2.40. The van der Waals surface area contributed by atoms with Crippen LogP contribution in [-0.4, -0.2) is 58.8 Å². The lowest BCUT2D eigenvalue weighted by Crippen LogP contribution is -2.57. The Morgan fingerprint density at radius 2 is 2.04 bits per heavy atom. The van der Waals surface area contributed by atoms with Crippen LogP contribution >= 0.6 is 12.4 Å². The highest BCUT2D eigenvalue weighted by molar-refractivity contribution is 6.05. The van der Waals surface area contributed by atoms with Gasteiger partial charge in [0.2, 0.25) is 5.91 Å². The van der Waals surface area contributed by atoms with Gasteiger partial charge in [0.15, 0.2) is 0 Å². The number of nitrogens with two attached hydrogens (primary N) is 1. The molecule has 27 heavy (non-hydrogen) atoms. The summed E-state index contributed by atoms with van der Waals surface area (Å²) in [6.45, 7) is 2.46. The first kappa shape index (κ1) is 19.6. The Bertz CT molecular complexity index is 838. The molecule has 2 saturated heterocycles. The number of nitrogens with zero attached hydrogens (tertiary/aromatic N) is 3. The van der Waals surface area contributed by atoms with Crippen molar-refractivity contribution in [2.24, 2.45) is 11.7 Å². The van der Waals surface area contributed by atoms with E-state index in [0.29, 0.717) is 44.1 Å². The zero-order chi connectivity index (χ0) is 18.1. The summed E-state index contributed by atoms with van der Waals surface area (Å²) in [6.07, 6.45) is 3.95. The van der Waals surface area contributed by atoms with Gasteiger partial charge >= 0.3 is 0 Å². The second-order valence-corrected chi connectivity index (χ2v) is 7.16. The first-order valence-electron chi connectivity index (χ1n) is 9.31. The number of hydrogen-bond donors (Lipinski definition) is 1. The highest BCUT2D eigenvalue weighted by Crippen LogP contribution is 2.32. The van der Waals surface area contributed by atoms with Crippen molar-refractivity contribution in [2.45, 2.75) is 25.3 Å². The highest BCUT2D eigenvalue weighted by atomic mass is 35.5. The van der Waals surface area contributed by atoms with Crippen LogP contribution in [0.3, 0.4) is 0 Å². The van der Waals surface area contributed by atoms with Crippen LogP contribution in [0.1, 0.15) is 29.6 Å². The maximum Gasteiger partial charge on any atom is 0.256 e. The number of carbonyl (C=O) groups excluding carboxylic acids is 2. The minimum Gasteiger partial charge on any atom is -0.338 e. The van der Waals surface area contributed by atoms with E-state index in [1.54, 1.807) is 6.20 Å². The third kappa shape index (κ3) is 3.64. The van der Waals surface area contributed by atoms with Crippen molar-refractivity contribution in [1.29, 1.82) is 0 Å². The Balaban J connectivity index is 0.00000210. The molecule has 0 bridgehead atoms. The molecule has 1 aromatic heterocycles. The average Bonchev–Trinajstić information content (AvgIpc) is 2.69. The van der Waals surface area contributed by atoms with Crippen molar-refractivity contribution in [1.82, 2.24) is 14.8 Å². The third-order valence-electron chi connectivity index (χ3n) is 5.66. The van der Waals surface area contributed by atoms with Crippen LogP contribution in [0.5, 0.6) is 0 Å². The molecule has 0 spiro atoms. The maximum absolute atomic E-state index is 13.1. The zero-order valence-corrected chi connectivity index (χ0v) is 16.0. The monoisotopic (exact) mass is 388 g/mol. The van der Waals surface area contributed by atoms with Crippen molar-refractivity contribution in [2.75, 3.05) is 26.2 Å². The van der Waals surface area contributed by atoms with Gasteiger partial charge in [0.1, 0.15) is 0 Å². The van der Waals surface area contributed by atoms with Gasteiger partial charge in [-0.1, -0.05) is 18.2 Å². The lowest BCUT2D eigenvalue weighted by molar-refractivity contribution is -0.140. The summed E-state index contributed by atoms with van der Waals surface area (Å²) in [6, 6.07) is 9.81. The lowest BCUT2D eigenvalue weighted by Gasteiger charge is -2.47. The predicted molar refractivity (Wildman–Crippen MR) is 107 cm³/mol. The fourth-order valence-corrected chi connectivity index (χ4v) is 4.41. The van der Waals surface area contributed by atoms with Crippen molar-refractivity contribution in [3.8, 4) is 0 Å². The number of benzene rings is 1. The molecule has 0 unspecified atom stereocenters. The van der Waals surface area contributed by atoms with Crippen LogP contribution in [0.15, 0.2) is 36.5 Å². The number of rotatable bonds is 3. The number of carbonyl (C=O) groups is 2. The summed E-state index contributed by atoms with van der Waals surface area (Å²) in [5, 5.41) is 0.977. The molecule has 2 amide bonds. The molecule has 0 radical (unpaired) electrons. The minimum absolute atomic E-state index is 0. The Hall–Kier alpha value is -2.18. The van der Waals surface area contributed by atoms with Gasteiger partial charge in [-0.2, -0.15) is 0 Å². The van der Waals surface area contributed by atoms with Crippen LogP contribution in [-0.2, 0) is 4.79 Å². The van der Waals surface area contributed by atoms with Crippen molar-refractivity contribution < 1.29 is 9.59 Å². The molecule has 2 atom stereocenters. The largest absolute Gasteiger partial charge is 0.338 e. The zero-order valence-electron chi connectivity index (χ0n) is 15.2. The molecule has 2 aromatic rings. The van der Waals surface area contributed by atoms with E-state index < -0.39 is 0 Å². The number of amides is 2. The van der Waals surface area contributed by atoms with Gasteiger partial charge in [-0.3, -0.25) is 14.6 Å². The lowest BCUT2D eigenvalue weighted by atomic mass is 9.83. The predicted octanol–water partition coefficient (Wildman–Crippen LogP) is 2.07. The van der Waals surface area contributed by atoms with Crippen molar-refractivity contribution >= 4 is 35.1 Å². The van der Waals surface area contributed by atoms with Gasteiger partial charge in [0, 0.05) is 50.2 Å². The molecule has 2 aliphatic rings. The van der Waals surface area contributed by atoms with E-state index in [0.717, 1.165) is 23.7 Å². The maximum atomic E-state index is 13.1. The standard InChI is InChI=1S/C20H24N4O2.ClH/c21-9-12-24-17-8-11-23(13-15(17)6-7-18(24)25)20(26)16-5-1-3-14-4-2-10-22-19(14)16;/h1-5,10,15,17H,6-9,11-13,21H2;1H/t15-,17+;/m0./s1. The Labute approximate surface area is 165 Å². The normalized spacial score (nSPS) is 22.3. The number of para-hydroxylation sites is 1. The number of halogens is 1. The van der Waals surface area contributed by atoms with E-state index in [-0.39, 0.29) is 30.3 Å². The third-order valence-corrected chi connectivity index (χ3v) is 5.66. The van der Waals surface area contributed by atoms with E-state index >= 15 is 0 Å². The second kappa shape index (κ2) is 8.23. The van der Waals surface area contributed by atoms with Gasteiger partial charge in [-0.25, -0.2) is 0 Å². The SMILES string of the molecule is Cl.NCCN1C(=O)CC[C@H]2CN(C(=O)c3cccc4cccnc34)CC[C@H]21. The van der Waals surface area contributed by atoms with Crippen molar-refractivity contribution in [3.63, 3.8) is 0 Å². The molecular weight excluding hydrogens is 364 g/mol. The molecule has 3 heterocycles. The smallest absolute Gasteiger partial charge is 0.256 e. The molecule has 0 saturated carbocycles. The van der Waals surface area contributed by atoms with Gasteiger partial charge in [0.05, 0.1) is 11.1 Å². The summed E-state index contributed by atoms with van der Waals surface area (Å²) in [5.41, 5.74) is 7.10. The topological polar surface area (TPSA) is 79.5 Å². The van der Waals surface area contributed by atoms with Gasteiger partial charge in [-0.15, -0.1) is 12.4 Å². The fourth-order valence-electron chi connectivity index (χ4n) is 4.41. The number of piperidine rings is 2. The van der Waals surface area contributed by atoms with Gasteiger partial charge in [-0.05, 0) is 30.9 Å². The Morgan fingerprint density at radius 3 is 2.85 bits per heavy atom. The molecule has 2 N–H and O–H groups in total. The van der Waals surface area contributed by atoms with Crippen LogP contribution in [0.2, 0.25) is 0 Å². The summed E-state index contributed by atoms with van der Waals surface area (Å²) in [7, 11) is 0. The summed E-state index contributed by atoms with van der Waals surface area (Å²) in [4.78, 5) is 33.6. The number of pyridine rings is 1. The van der Waals surface area contributed by atoms with Crippen LogP contribution < -0.4 is 5.73 Å². The molecule has 0 aliphatic carbocycles.